The summed E-state index contributed by atoms with van der Waals surface area (Å²) in [6.07, 6.45) is 1.92. The van der Waals surface area contributed by atoms with Crippen LogP contribution in [0, 0.1) is 6.92 Å². The van der Waals surface area contributed by atoms with Gasteiger partial charge >= 0.3 is 0 Å². The number of hydrogen-bond donors (Lipinski definition) is 1. The number of hydrogen-bond acceptors (Lipinski definition) is 3. The highest BCUT2D eigenvalue weighted by Gasteiger charge is 2.29. The Balaban J connectivity index is 1.85. The minimum absolute atomic E-state index is 0.140. The molecule has 1 saturated carbocycles. The first kappa shape index (κ1) is 19.1. The van der Waals surface area contributed by atoms with Gasteiger partial charge in [-0.25, -0.2) is 8.42 Å². The quantitative estimate of drug-likeness (QED) is 0.724. The van der Waals surface area contributed by atoms with Crippen LogP contribution in [-0.2, 0) is 21.4 Å². The molecule has 0 heterocycles. The minimum atomic E-state index is -3.78. The van der Waals surface area contributed by atoms with Crippen molar-refractivity contribution in [3.8, 4) is 0 Å². The summed E-state index contributed by atoms with van der Waals surface area (Å²) in [5.41, 5.74) is 1.80. The Bertz CT molecular complexity index is 876. The van der Waals surface area contributed by atoms with E-state index in [2.05, 4.69) is 21.2 Å². The highest BCUT2D eigenvalue weighted by atomic mass is 79.9. The molecule has 1 N–H and O–H groups in total. The van der Waals surface area contributed by atoms with Gasteiger partial charge in [-0.05, 0) is 49.6 Å². The van der Waals surface area contributed by atoms with Crippen molar-refractivity contribution in [2.24, 2.45) is 0 Å². The molecule has 0 aliphatic heterocycles. The molecule has 1 aliphatic carbocycles. The monoisotopic (exact) mass is 436 g/mol. The summed E-state index contributed by atoms with van der Waals surface area (Å²) < 4.78 is 28.3. The number of sulfonamides is 1. The number of amides is 1. The molecule has 0 spiro atoms. The van der Waals surface area contributed by atoms with Crippen molar-refractivity contribution in [3.05, 3.63) is 64.1 Å². The van der Waals surface area contributed by atoms with Crippen molar-refractivity contribution in [2.75, 3.05) is 6.54 Å². The lowest BCUT2D eigenvalue weighted by Gasteiger charge is -2.22. The topological polar surface area (TPSA) is 66.5 Å². The maximum absolute atomic E-state index is 13.1. The van der Waals surface area contributed by atoms with Crippen LogP contribution in [0.25, 0.3) is 0 Å². The van der Waals surface area contributed by atoms with Crippen LogP contribution in [0.15, 0.2) is 57.9 Å². The smallest absolute Gasteiger partial charge is 0.243 e. The maximum Gasteiger partial charge on any atom is 0.243 e. The minimum Gasteiger partial charge on any atom is -0.352 e. The standard InChI is InChI=1S/C19H21BrN2O3S/c1-14-2-10-18(11-3-14)26(24,25)22(13-19(23)21-17-8-9-17)12-15-4-6-16(20)7-5-15/h2-7,10-11,17H,8-9,12-13H2,1H3,(H,21,23). The van der Waals surface area contributed by atoms with Gasteiger partial charge in [-0.1, -0.05) is 45.8 Å². The molecule has 0 saturated heterocycles. The number of nitrogens with one attached hydrogen (secondary N) is 1. The summed E-state index contributed by atoms with van der Waals surface area (Å²) in [4.78, 5) is 12.4. The molecule has 1 amide bonds. The molecule has 0 bridgehead atoms. The Kier molecular flexibility index (Phi) is 5.79. The Labute approximate surface area is 162 Å². The summed E-state index contributed by atoms with van der Waals surface area (Å²) in [5.74, 6) is -0.264. The number of aryl methyl sites for hydroxylation is 1. The Morgan fingerprint density at radius 3 is 2.31 bits per heavy atom. The lowest BCUT2D eigenvalue weighted by molar-refractivity contribution is -0.121. The molecule has 2 aromatic carbocycles. The van der Waals surface area contributed by atoms with E-state index < -0.39 is 10.0 Å². The van der Waals surface area contributed by atoms with Gasteiger partial charge in [0.05, 0.1) is 11.4 Å². The van der Waals surface area contributed by atoms with E-state index in [0.717, 1.165) is 28.4 Å². The number of carbonyl (C=O) groups is 1. The van der Waals surface area contributed by atoms with E-state index in [1.54, 1.807) is 24.3 Å². The fourth-order valence-corrected chi connectivity index (χ4v) is 4.19. The third-order valence-electron chi connectivity index (χ3n) is 4.19. The first-order chi connectivity index (χ1) is 12.3. The van der Waals surface area contributed by atoms with Crippen LogP contribution in [0.5, 0.6) is 0 Å². The van der Waals surface area contributed by atoms with Gasteiger partial charge in [-0.2, -0.15) is 4.31 Å². The number of rotatable bonds is 7. The van der Waals surface area contributed by atoms with Crippen LogP contribution < -0.4 is 5.32 Å². The number of halogens is 1. The zero-order chi connectivity index (χ0) is 18.7. The van der Waals surface area contributed by atoms with Crippen molar-refractivity contribution in [1.82, 2.24) is 9.62 Å². The molecular weight excluding hydrogens is 416 g/mol. The second-order valence-corrected chi connectivity index (χ2v) is 9.41. The van der Waals surface area contributed by atoms with E-state index in [-0.39, 0.29) is 29.9 Å². The Morgan fingerprint density at radius 2 is 1.73 bits per heavy atom. The van der Waals surface area contributed by atoms with Crippen LogP contribution in [0.3, 0.4) is 0 Å². The van der Waals surface area contributed by atoms with Gasteiger partial charge in [0.15, 0.2) is 0 Å². The van der Waals surface area contributed by atoms with Crippen LogP contribution >= 0.6 is 15.9 Å². The predicted octanol–water partition coefficient (Wildman–Crippen LogP) is 3.23. The first-order valence-corrected chi connectivity index (χ1v) is 10.7. The van der Waals surface area contributed by atoms with Gasteiger partial charge < -0.3 is 5.32 Å². The molecule has 1 fully saturated rings. The number of benzene rings is 2. The highest BCUT2D eigenvalue weighted by Crippen LogP contribution is 2.21. The Hall–Kier alpha value is -1.70. The molecule has 0 aromatic heterocycles. The summed E-state index contributed by atoms with van der Waals surface area (Å²) >= 11 is 3.37. The van der Waals surface area contributed by atoms with Crippen molar-refractivity contribution < 1.29 is 13.2 Å². The van der Waals surface area contributed by atoms with E-state index in [0.29, 0.717) is 0 Å². The summed E-state index contributed by atoms with van der Waals surface area (Å²) in [6.45, 7) is 1.85. The molecule has 2 aromatic rings. The number of nitrogens with zero attached hydrogens (tertiary/aromatic N) is 1. The summed E-state index contributed by atoms with van der Waals surface area (Å²) in [6, 6.07) is 14.3. The molecule has 7 heteroatoms. The van der Waals surface area contributed by atoms with E-state index in [1.165, 1.54) is 4.31 Å². The van der Waals surface area contributed by atoms with E-state index in [4.69, 9.17) is 0 Å². The summed E-state index contributed by atoms with van der Waals surface area (Å²) in [5, 5.41) is 2.86. The van der Waals surface area contributed by atoms with Crippen LogP contribution in [0.2, 0.25) is 0 Å². The fourth-order valence-electron chi connectivity index (χ4n) is 2.54. The second kappa shape index (κ2) is 7.90. The van der Waals surface area contributed by atoms with Crippen LogP contribution in [-0.4, -0.2) is 31.2 Å². The van der Waals surface area contributed by atoms with E-state index in [1.807, 2.05) is 31.2 Å². The average molecular weight is 437 g/mol. The number of carbonyl (C=O) groups excluding carboxylic acids is 1. The van der Waals surface area contributed by atoms with Crippen molar-refractivity contribution in [2.45, 2.75) is 37.2 Å². The van der Waals surface area contributed by atoms with Crippen molar-refractivity contribution in [1.29, 1.82) is 0 Å². The fraction of sp³-hybridized carbons (Fsp3) is 0.316. The molecule has 3 rings (SSSR count). The van der Waals surface area contributed by atoms with Gasteiger partial charge in [0.1, 0.15) is 0 Å². The lowest BCUT2D eigenvalue weighted by atomic mass is 10.2. The molecule has 138 valence electrons. The third-order valence-corrected chi connectivity index (χ3v) is 6.53. The lowest BCUT2D eigenvalue weighted by Crippen LogP contribution is -2.41. The van der Waals surface area contributed by atoms with Crippen molar-refractivity contribution in [3.63, 3.8) is 0 Å². The third kappa shape index (κ3) is 4.93. The SMILES string of the molecule is Cc1ccc(S(=O)(=O)N(CC(=O)NC2CC2)Cc2ccc(Br)cc2)cc1. The molecule has 1 aliphatic rings. The van der Waals surface area contributed by atoms with Crippen LogP contribution in [0.1, 0.15) is 24.0 Å². The molecular formula is C19H21BrN2O3S. The molecule has 0 unspecified atom stereocenters. The normalized spacial score (nSPS) is 14.4. The second-order valence-electron chi connectivity index (χ2n) is 6.55. The van der Waals surface area contributed by atoms with Gasteiger partial charge in [0, 0.05) is 17.1 Å². The Morgan fingerprint density at radius 1 is 1.12 bits per heavy atom. The highest BCUT2D eigenvalue weighted by molar-refractivity contribution is 9.10. The molecule has 26 heavy (non-hydrogen) atoms. The molecule has 5 nitrogen and oxygen atoms in total. The maximum atomic E-state index is 13.1. The zero-order valence-electron chi connectivity index (χ0n) is 14.5. The average Bonchev–Trinajstić information content (AvgIpc) is 3.40. The van der Waals surface area contributed by atoms with Crippen LogP contribution in [0.4, 0.5) is 0 Å². The van der Waals surface area contributed by atoms with Gasteiger partial charge in [0.25, 0.3) is 0 Å². The predicted molar refractivity (Wildman–Crippen MR) is 104 cm³/mol. The first-order valence-electron chi connectivity index (χ1n) is 8.45. The molecule has 0 atom stereocenters. The van der Waals surface area contributed by atoms with E-state index in [9.17, 15) is 13.2 Å². The molecule has 0 radical (unpaired) electrons. The van der Waals surface area contributed by atoms with Gasteiger partial charge in [-0.15, -0.1) is 0 Å². The van der Waals surface area contributed by atoms with Gasteiger partial charge in [0.2, 0.25) is 15.9 Å². The summed E-state index contributed by atoms with van der Waals surface area (Å²) in [7, 11) is -3.78. The van der Waals surface area contributed by atoms with Crippen molar-refractivity contribution >= 4 is 31.9 Å². The zero-order valence-corrected chi connectivity index (χ0v) is 16.9. The van der Waals surface area contributed by atoms with Gasteiger partial charge in [-0.3, -0.25) is 4.79 Å². The van der Waals surface area contributed by atoms with E-state index >= 15 is 0 Å². The largest absolute Gasteiger partial charge is 0.352 e.